The van der Waals surface area contributed by atoms with Gasteiger partial charge in [-0.05, 0) is 30.3 Å². The highest BCUT2D eigenvalue weighted by Gasteiger charge is 2.16. The van der Waals surface area contributed by atoms with Crippen molar-refractivity contribution in [3.8, 4) is 28.6 Å². The number of benzene rings is 2. The quantitative estimate of drug-likeness (QED) is 0.198. The van der Waals surface area contributed by atoms with E-state index in [0.29, 0.717) is 22.1 Å². The fraction of sp³-hybridized carbons (Fsp3) is 0.143. The molecule has 5 rings (SSSR count). The van der Waals surface area contributed by atoms with Crippen LogP contribution in [0.4, 0.5) is 0 Å². The summed E-state index contributed by atoms with van der Waals surface area (Å²) >= 11 is 3.01. The van der Waals surface area contributed by atoms with E-state index in [-0.39, 0.29) is 0 Å². The highest BCUT2D eigenvalue weighted by atomic mass is 32.2. The van der Waals surface area contributed by atoms with Gasteiger partial charge in [0.15, 0.2) is 5.82 Å². The van der Waals surface area contributed by atoms with Crippen LogP contribution in [0.25, 0.3) is 33.7 Å². The Labute approximate surface area is 191 Å². The number of thioether (sulfide) groups is 2. The van der Waals surface area contributed by atoms with Gasteiger partial charge in [0, 0.05) is 39.7 Å². The molecule has 3 N–H and O–H groups in total. The summed E-state index contributed by atoms with van der Waals surface area (Å²) in [6.07, 6.45) is 1.90. The normalized spacial score (nSPS) is 11.3. The summed E-state index contributed by atoms with van der Waals surface area (Å²) in [6.45, 7) is 0. The van der Waals surface area contributed by atoms with E-state index < -0.39 is 0 Å². The van der Waals surface area contributed by atoms with Crippen LogP contribution in [0.3, 0.4) is 0 Å². The highest BCUT2D eigenvalue weighted by Crippen LogP contribution is 2.29. The smallest absolute Gasteiger partial charge is 0.276 e. The lowest BCUT2D eigenvalue weighted by atomic mass is 10.2. The third-order valence-electron chi connectivity index (χ3n) is 4.78. The number of hydrogen-bond acceptors (Lipinski definition) is 9. The summed E-state index contributed by atoms with van der Waals surface area (Å²) in [5.41, 5.74) is 2.80. The predicted molar refractivity (Wildman–Crippen MR) is 125 cm³/mol. The van der Waals surface area contributed by atoms with E-state index in [1.54, 1.807) is 7.11 Å². The Bertz CT molecular complexity index is 1340. The molecule has 5 aromatic rings. The number of para-hydroxylation sites is 1. The molecule has 0 aliphatic heterocycles. The summed E-state index contributed by atoms with van der Waals surface area (Å²) in [7, 11) is 1.63. The van der Waals surface area contributed by atoms with Crippen molar-refractivity contribution in [2.24, 2.45) is 0 Å². The van der Waals surface area contributed by atoms with Gasteiger partial charge in [0.2, 0.25) is 11.0 Å². The number of nitrogens with one attached hydrogen (secondary N) is 1. The van der Waals surface area contributed by atoms with Crippen LogP contribution in [0.1, 0.15) is 0 Å². The first-order chi connectivity index (χ1) is 15.7. The molecule has 0 spiro atoms. The molecule has 11 heteroatoms. The molecule has 162 valence electrons. The zero-order valence-electron chi connectivity index (χ0n) is 17.1. The number of nitrogens with two attached hydrogens (primary N) is 1. The summed E-state index contributed by atoms with van der Waals surface area (Å²) in [4.78, 5) is 3.24. The third-order valence-corrected chi connectivity index (χ3v) is 6.80. The molecule has 9 nitrogen and oxygen atoms in total. The van der Waals surface area contributed by atoms with Gasteiger partial charge in [0.05, 0.1) is 7.11 Å². The summed E-state index contributed by atoms with van der Waals surface area (Å²) < 4.78 is 12.4. The number of aromatic nitrogens is 6. The van der Waals surface area contributed by atoms with Crippen LogP contribution >= 0.6 is 23.5 Å². The number of rotatable bonds is 8. The van der Waals surface area contributed by atoms with Crippen molar-refractivity contribution in [3.63, 3.8) is 0 Å². The fourth-order valence-corrected chi connectivity index (χ4v) is 4.78. The first kappa shape index (κ1) is 20.5. The molecule has 3 aromatic heterocycles. The second-order valence-corrected chi connectivity index (χ2v) is 8.83. The van der Waals surface area contributed by atoms with Crippen molar-refractivity contribution in [3.05, 3.63) is 54.7 Å². The molecule has 3 heterocycles. The van der Waals surface area contributed by atoms with E-state index in [9.17, 15) is 0 Å². The van der Waals surface area contributed by atoms with Crippen molar-refractivity contribution < 1.29 is 9.15 Å². The Morgan fingerprint density at radius 2 is 1.81 bits per heavy atom. The van der Waals surface area contributed by atoms with E-state index in [0.717, 1.165) is 39.3 Å². The molecule has 0 unspecified atom stereocenters. The van der Waals surface area contributed by atoms with Gasteiger partial charge in [-0.15, -0.1) is 20.4 Å². The minimum Gasteiger partial charge on any atom is -0.497 e. The second kappa shape index (κ2) is 8.97. The average Bonchev–Trinajstić information content (AvgIpc) is 3.56. The zero-order valence-corrected chi connectivity index (χ0v) is 18.7. The van der Waals surface area contributed by atoms with E-state index >= 15 is 0 Å². The number of aromatic amines is 1. The first-order valence-electron chi connectivity index (χ1n) is 9.73. The lowest BCUT2D eigenvalue weighted by molar-refractivity contribution is 0.414. The SMILES string of the molecule is COc1ccc(-c2nnc(SCCSc3nnc(-c4c[nH]c5ccccc45)n3N)o2)cc1. The van der Waals surface area contributed by atoms with E-state index in [4.69, 9.17) is 15.0 Å². The molecule has 0 amide bonds. The molecule has 0 aliphatic rings. The van der Waals surface area contributed by atoms with Crippen molar-refractivity contribution in [1.82, 2.24) is 30.1 Å². The van der Waals surface area contributed by atoms with Crippen LogP contribution in [0.2, 0.25) is 0 Å². The molecular formula is C21H19N7O2S2. The number of fused-ring (bicyclic) bond motifs is 1. The van der Waals surface area contributed by atoms with Gasteiger partial charge in [-0.1, -0.05) is 41.7 Å². The molecule has 0 atom stereocenters. The summed E-state index contributed by atoms with van der Waals surface area (Å²) in [6, 6.07) is 15.5. The zero-order chi connectivity index (χ0) is 21.9. The number of hydrogen-bond donors (Lipinski definition) is 2. The average molecular weight is 466 g/mol. The van der Waals surface area contributed by atoms with Crippen LogP contribution < -0.4 is 10.6 Å². The minimum absolute atomic E-state index is 0.480. The van der Waals surface area contributed by atoms with Crippen molar-refractivity contribution in [2.75, 3.05) is 24.5 Å². The molecule has 0 fully saturated rings. The summed E-state index contributed by atoms with van der Waals surface area (Å²) in [5.74, 6) is 9.66. The van der Waals surface area contributed by atoms with Crippen LogP contribution in [-0.2, 0) is 0 Å². The largest absolute Gasteiger partial charge is 0.497 e. The van der Waals surface area contributed by atoms with Gasteiger partial charge in [0.1, 0.15) is 5.75 Å². The van der Waals surface area contributed by atoms with Gasteiger partial charge in [-0.2, -0.15) is 0 Å². The Hall–Kier alpha value is -3.44. The minimum atomic E-state index is 0.480. The second-order valence-electron chi connectivity index (χ2n) is 6.72. The fourth-order valence-electron chi connectivity index (χ4n) is 3.20. The highest BCUT2D eigenvalue weighted by molar-refractivity contribution is 8.02. The van der Waals surface area contributed by atoms with E-state index in [2.05, 4.69) is 25.4 Å². The van der Waals surface area contributed by atoms with Crippen LogP contribution in [0.15, 0.2) is 69.5 Å². The Morgan fingerprint density at radius 1 is 1.00 bits per heavy atom. The lowest BCUT2D eigenvalue weighted by Crippen LogP contribution is -2.11. The molecule has 32 heavy (non-hydrogen) atoms. The number of nitrogen functional groups attached to an aromatic ring is 1. The van der Waals surface area contributed by atoms with Gasteiger partial charge in [0.25, 0.3) is 5.22 Å². The molecule has 2 aromatic carbocycles. The molecular weight excluding hydrogens is 446 g/mol. The monoisotopic (exact) mass is 465 g/mol. The Morgan fingerprint density at radius 3 is 2.66 bits per heavy atom. The van der Waals surface area contributed by atoms with Crippen LogP contribution in [0, 0.1) is 0 Å². The van der Waals surface area contributed by atoms with Crippen molar-refractivity contribution in [1.29, 1.82) is 0 Å². The maximum absolute atomic E-state index is 6.27. The molecule has 0 saturated carbocycles. The molecule has 0 saturated heterocycles. The number of ether oxygens (including phenoxy) is 1. The number of H-pyrrole nitrogens is 1. The maximum atomic E-state index is 6.27. The summed E-state index contributed by atoms with van der Waals surface area (Å²) in [5, 5.41) is 19.0. The standard InChI is InChI=1S/C21H19N7O2S2/c1-29-14-8-6-13(7-9-14)19-25-27-21(30-19)32-11-10-31-20-26-24-18(28(20)22)16-12-23-17-5-3-2-4-15(16)17/h2-9,12,23H,10-11,22H2,1H3. The van der Waals surface area contributed by atoms with Crippen molar-refractivity contribution >= 4 is 34.4 Å². The molecule has 0 aliphatic carbocycles. The third kappa shape index (κ3) is 4.04. The van der Waals surface area contributed by atoms with Gasteiger partial charge in [-0.3, -0.25) is 0 Å². The maximum Gasteiger partial charge on any atom is 0.276 e. The topological polar surface area (TPSA) is 121 Å². The predicted octanol–water partition coefficient (Wildman–Crippen LogP) is 4.08. The Balaban J connectivity index is 1.18. The first-order valence-corrected chi connectivity index (χ1v) is 11.7. The van der Waals surface area contributed by atoms with Gasteiger partial charge < -0.3 is 20.0 Å². The number of methoxy groups -OCH3 is 1. The molecule has 0 radical (unpaired) electrons. The van der Waals surface area contributed by atoms with Crippen molar-refractivity contribution in [2.45, 2.75) is 10.4 Å². The Kier molecular flexibility index (Phi) is 5.73. The van der Waals surface area contributed by atoms with E-state index in [1.165, 1.54) is 28.2 Å². The lowest BCUT2D eigenvalue weighted by Gasteiger charge is -2.02. The van der Waals surface area contributed by atoms with Gasteiger partial charge >= 0.3 is 0 Å². The van der Waals surface area contributed by atoms with Crippen LogP contribution in [0.5, 0.6) is 5.75 Å². The van der Waals surface area contributed by atoms with Gasteiger partial charge in [-0.25, -0.2) is 4.68 Å². The van der Waals surface area contributed by atoms with Crippen LogP contribution in [-0.4, -0.2) is 48.7 Å². The number of nitrogens with zero attached hydrogens (tertiary/aromatic N) is 5. The molecule has 0 bridgehead atoms. The van der Waals surface area contributed by atoms with E-state index in [1.807, 2.05) is 54.7 Å².